The summed E-state index contributed by atoms with van der Waals surface area (Å²) in [7, 11) is 3.22. The van der Waals surface area contributed by atoms with Gasteiger partial charge in [0.05, 0.1) is 37.5 Å². The number of nitrogens with zero attached hydrogens (tertiary/aromatic N) is 5. The molecule has 5 aromatic rings. The van der Waals surface area contributed by atoms with E-state index in [1.807, 2.05) is 55.6 Å². The van der Waals surface area contributed by atoms with E-state index < -0.39 is 18.1 Å². The van der Waals surface area contributed by atoms with Crippen LogP contribution in [0.5, 0.6) is 11.5 Å². The molecule has 1 aliphatic heterocycles. The van der Waals surface area contributed by atoms with Crippen LogP contribution in [-0.2, 0) is 6.54 Å². The van der Waals surface area contributed by atoms with Crippen molar-refractivity contribution in [3.05, 3.63) is 84.4 Å². The fourth-order valence-corrected chi connectivity index (χ4v) is 5.58. The van der Waals surface area contributed by atoms with Crippen LogP contribution >= 0.6 is 0 Å². The van der Waals surface area contributed by atoms with Crippen molar-refractivity contribution < 1.29 is 27.4 Å². The Hall–Kier alpha value is -5.33. The van der Waals surface area contributed by atoms with Crippen LogP contribution in [0.25, 0.3) is 27.7 Å². The number of hydrogen-bond acceptors (Lipinski definition) is 7. The molecule has 2 amide bonds. The predicted molar refractivity (Wildman–Crippen MR) is 168 cm³/mol. The molecule has 238 valence electrons. The Morgan fingerprint density at radius 2 is 1.91 bits per heavy atom. The zero-order valence-corrected chi connectivity index (χ0v) is 25.4. The van der Waals surface area contributed by atoms with E-state index in [1.54, 1.807) is 37.2 Å². The van der Waals surface area contributed by atoms with Crippen molar-refractivity contribution in [2.24, 2.45) is 5.92 Å². The number of amides is 2. The number of urea groups is 1. The second kappa shape index (κ2) is 12.6. The smallest absolute Gasteiger partial charge is 0.393 e. The quantitative estimate of drug-likeness (QED) is 0.193. The number of benzene rings is 3. The van der Waals surface area contributed by atoms with Gasteiger partial charge in [0.25, 0.3) is 0 Å². The van der Waals surface area contributed by atoms with Crippen LogP contribution in [0.1, 0.15) is 17.5 Å². The molecule has 0 saturated carbocycles. The normalized spacial score (nSPS) is 14.8. The Kier molecular flexibility index (Phi) is 8.39. The molecule has 3 aromatic carbocycles. The standard InChI is InChI=1S/C33H32F3N7O3/c1-20-7-9-24(41-32(44)42-12-11-23(18-42)33(34,35)36)13-28(20)43-17-22(16-40-43)26-5-4-6-27-30(26)38-19-39-31(27)37-15-21-8-10-25(45-2)14-29(21)46-3/h4-10,13-14,16-17,19,23H,11-12,15,18H2,1-3H3,(H,41,44)(H,37,38,39). The third kappa shape index (κ3) is 6.25. The number of aryl methyl sites for hydroxylation is 1. The van der Waals surface area contributed by atoms with Crippen molar-refractivity contribution in [1.82, 2.24) is 24.6 Å². The molecule has 0 spiro atoms. The Labute approximate surface area is 263 Å². The van der Waals surface area contributed by atoms with Crippen molar-refractivity contribution >= 4 is 28.4 Å². The highest BCUT2D eigenvalue weighted by atomic mass is 19.4. The van der Waals surface area contributed by atoms with Crippen LogP contribution in [0, 0.1) is 12.8 Å². The summed E-state index contributed by atoms with van der Waals surface area (Å²) < 4.78 is 51.8. The summed E-state index contributed by atoms with van der Waals surface area (Å²) in [5, 5.41) is 11.5. The lowest BCUT2D eigenvalue weighted by Crippen LogP contribution is -2.35. The first-order chi connectivity index (χ1) is 22.1. The molecular weight excluding hydrogens is 599 g/mol. The van der Waals surface area contributed by atoms with Crippen LogP contribution in [0.3, 0.4) is 0 Å². The van der Waals surface area contributed by atoms with Gasteiger partial charge < -0.3 is 25.0 Å². The van der Waals surface area contributed by atoms with E-state index in [4.69, 9.17) is 9.47 Å². The van der Waals surface area contributed by atoms with Gasteiger partial charge in [0.2, 0.25) is 0 Å². The summed E-state index contributed by atoms with van der Waals surface area (Å²) in [6.07, 6.45) is 0.702. The molecule has 2 aromatic heterocycles. The van der Waals surface area contributed by atoms with Gasteiger partial charge in [-0.05, 0) is 49.2 Å². The molecule has 10 nitrogen and oxygen atoms in total. The Morgan fingerprint density at radius 3 is 2.67 bits per heavy atom. The highest BCUT2D eigenvalue weighted by molar-refractivity contribution is 5.98. The van der Waals surface area contributed by atoms with E-state index in [0.717, 1.165) is 33.2 Å². The second-order valence-electron chi connectivity index (χ2n) is 11.0. The number of carbonyl (C=O) groups excluding carboxylic acids is 1. The maximum Gasteiger partial charge on any atom is 0.393 e. The van der Waals surface area contributed by atoms with E-state index in [-0.39, 0.29) is 19.5 Å². The largest absolute Gasteiger partial charge is 0.497 e. The molecule has 1 fully saturated rings. The van der Waals surface area contributed by atoms with Crippen LogP contribution in [-0.4, -0.2) is 64.2 Å². The number of carbonyl (C=O) groups is 1. The first-order valence-electron chi connectivity index (χ1n) is 14.6. The molecule has 46 heavy (non-hydrogen) atoms. The lowest BCUT2D eigenvalue weighted by molar-refractivity contribution is -0.169. The van der Waals surface area contributed by atoms with Gasteiger partial charge in [0.15, 0.2) is 0 Å². The molecule has 0 aliphatic carbocycles. The van der Waals surface area contributed by atoms with Gasteiger partial charge >= 0.3 is 12.2 Å². The number of rotatable bonds is 8. The molecule has 6 rings (SSSR count). The fraction of sp³-hybridized carbons (Fsp3) is 0.273. The molecule has 13 heteroatoms. The van der Waals surface area contributed by atoms with Gasteiger partial charge in [0.1, 0.15) is 23.6 Å². The number of aromatic nitrogens is 4. The number of hydrogen-bond donors (Lipinski definition) is 2. The van der Waals surface area contributed by atoms with E-state index >= 15 is 0 Å². The summed E-state index contributed by atoms with van der Waals surface area (Å²) >= 11 is 0. The third-order valence-corrected chi connectivity index (χ3v) is 8.14. The minimum atomic E-state index is -4.32. The van der Waals surface area contributed by atoms with Gasteiger partial charge in [0, 0.05) is 59.7 Å². The summed E-state index contributed by atoms with van der Waals surface area (Å²) in [6, 6.07) is 16.2. The number of halogens is 3. The number of ether oxygens (including phenoxy) is 2. The summed E-state index contributed by atoms with van der Waals surface area (Å²) in [5.41, 5.74) is 5.41. The SMILES string of the molecule is COc1ccc(CNc2ncnc3c(-c4cnn(-c5cc(NC(=O)N6CCC(C(F)(F)F)C6)ccc5C)c4)cccc23)c(OC)c1. The molecule has 1 aliphatic rings. The number of alkyl halides is 3. The number of methoxy groups -OCH3 is 2. The maximum atomic E-state index is 13.1. The highest BCUT2D eigenvalue weighted by Gasteiger charge is 2.44. The van der Waals surface area contributed by atoms with Gasteiger partial charge in [-0.25, -0.2) is 19.4 Å². The van der Waals surface area contributed by atoms with Crippen molar-refractivity contribution in [2.75, 3.05) is 37.9 Å². The average molecular weight is 632 g/mol. The van der Waals surface area contributed by atoms with Gasteiger partial charge in [-0.15, -0.1) is 0 Å². The summed E-state index contributed by atoms with van der Waals surface area (Å²) in [5.74, 6) is 0.562. The van der Waals surface area contributed by atoms with E-state index in [1.165, 1.54) is 11.2 Å². The fourth-order valence-electron chi connectivity index (χ4n) is 5.58. The zero-order chi connectivity index (χ0) is 32.4. The maximum absolute atomic E-state index is 13.1. The minimum Gasteiger partial charge on any atom is -0.497 e. The number of nitrogens with one attached hydrogen (secondary N) is 2. The van der Waals surface area contributed by atoms with Crippen molar-refractivity contribution in [3.8, 4) is 28.3 Å². The van der Waals surface area contributed by atoms with E-state index in [2.05, 4.69) is 25.7 Å². The van der Waals surface area contributed by atoms with Crippen LogP contribution in [0.4, 0.5) is 29.5 Å². The Bertz CT molecular complexity index is 1890. The van der Waals surface area contributed by atoms with Gasteiger partial charge in [-0.1, -0.05) is 18.2 Å². The average Bonchev–Trinajstić information content (AvgIpc) is 3.76. The van der Waals surface area contributed by atoms with Gasteiger partial charge in [-0.2, -0.15) is 18.3 Å². The molecule has 0 bridgehead atoms. The lowest BCUT2D eigenvalue weighted by atomic mass is 10.1. The first-order valence-corrected chi connectivity index (χ1v) is 14.6. The zero-order valence-electron chi connectivity index (χ0n) is 25.4. The van der Waals surface area contributed by atoms with Crippen LogP contribution < -0.4 is 20.1 Å². The predicted octanol–water partition coefficient (Wildman–Crippen LogP) is 6.84. The Morgan fingerprint density at radius 1 is 1.07 bits per heavy atom. The molecular formula is C33H32F3N7O3. The molecule has 1 saturated heterocycles. The van der Waals surface area contributed by atoms with Crippen molar-refractivity contribution in [3.63, 3.8) is 0 Å². The monoisotopic (exact) mass is 631 g/mol. The van der Waals surface area contributed by atoms with Crippen LogP contribution in [0.15, 0.2) is 73.3 Å². The number of likely N-dealkylation sites (tertiary alicyclic amines) is 1. The summed E-state index contributed by atoms with van der Waals surface area (Å²) in [4.78, 5) is 23.0. The van der Waals surface area contributed by atoms with Crippen LogP contribution in [0.2, 0.25) is 0 Å². The molecule has 3 heterocycles. The van der Waals surface area contributed by atoms with Gasteiger partial charge in [-0.3, -0.25) is 0 Å². The Balaban J connectivity index is 1.22. The molecule has 1 atom stereocenters. The van der Waals surface area contributed by atoms with Crippen molar-refractivity contribution in [2.45, 2.75) is 26.1 Å². The molecule has 2 N–H and O–H groups in total. The number of para-hydroxylation sites is 1. The van der Waals surface area contributed by atoms with Crippen molar-refractivity contribution in [1.29, 1.82) is 0 Å². The lowest BCUT2D eigenvalue weighted by Gasteiger charge is -2.19. The summed E-state index contributed by atoms with van der Waals surface area (Å²) in [6.45, 7) is 2.09. The second-order valence-corrected chi connectivity index (χ2v) is 11.0. The van der Waals surface area contributed by atoms with E-state index in [9.17, 15) is 18.0 Å². The minimum absolute atomic E-state index is 0.0543. The number of anilines is 2. The first kappa shape index (κ1) is 30.7. The number of fused-ring (bicyclic) bond motifs is 1. The topological polar surface area (TPSA) is 106 Å². The molecule has 0 radical (unpaired) electrons. The third-order valence-electron chi connectivity index (χ3n) is 8.14. The molecule has 1 unspecified atom stereocenters. The van der Waals surface area contributed by atoms with E-state index in [0.29, 0.717) is 35.2 Å². The highest BCUT2D eigenvalue weighted by Crippen LogP contribution is 2.34.